The molecule has 0 bridgehead atoms. The first-order valence-electron chi connectivity index (χ1n) is 17.0. The molecule has 54 heavy (non-hydrogen) atoms. The second-order valence-electron chi connectivity index (χ2n) is 12.4. The van der Waals surface area contributed by atoms with Crippen LogP contribution in [0.3, 0.4) is 0 Å². The van der Waals surface area contributed by atoms with E-state index in [2.05, 4.69) is 10.3 Å². The van der Waals surface area contributed by atoms with Gasteiger partial charge in [0.15, 0.2) is 6.23 Å². The maximum atomic E-state index is 13.4. The molecule has 2 unspecified atom stereocenters. The van der Waals surface area contributed by atoms with Crippen LogP contribution in [0.25, 0.3) is 0 Å². The molecule has 1 aliphatic heterocycles. The fourth-order valence-electron chi connectivity index (χ4n) is 6.56. The van der Waals surface area contributed by atoms with Gasteiger partial charge in [-0.25, -0.2) is 9.36 Å². The highest BCUT2D eigenvalue weighted by molar-refractivity contribution is 7.47. The minimum Gasteiger partial charge on any atom is -0.497 e. The average molecular weight is 760 g/mol. The summed E-state index contributed by atoms with van der Waals surface area (Å²) in [5.41, 5.74) is 1.05. The fraction of sp³-hybridized carbons (Fsp3) is 0.282. The van der Waals surface area contributed by atoms with Crippen LogP contribution in [0.4, 0.5) is 0 Å². The highest BCUT2D eigenvalue weighted by Crippen LogP contribution is 2.49. The molecule has 3 N–H and O–H groups in total. The lowest BCUT2D eigenvalue weighted by Crippen LogP contribution is -2.45. The van der Waals surface area contributed by atoms with Gasteiger partial charge in [0.2, 0.25) is 0 Å². The molecule has 5 atom stereocenters. The Labute approximate surface area is 311 Å². The number of hydrogen-bond donors (Lipinski definition) is 3. The Morgan fingerprint density at radius 1 is 0.815 bits per heavy atom. The number of likely N-dealkylation sites (N-methyl/N-ethyl adjacent to an activating group) is 1. The van der Waals surface area contributed by atoms with Gasteiger partial charge in [0, 0.05) is 19.4 Å². The van der Waals surface area contributed by atoms with Crippen LogP contribution in [0, 0.1) is 0 Å². The van der Waals surface area contributed by atoms with Crippen molar-refractivity contribution in [2.24, 2.45) is 0 Å². The minimum absolute atomic E-state index is 0.0241. The molecule has 284 valence electrons. The lowest BCUT2D eigenvalue weighted by atomic mass is 9.80. The van der Waals surface area contributed by atoms with Gasteiger partial charge in [-0.3, -0.25) is 23.8 Å². The third-order valence-corrected chi connectivity index (χ3v) is 10.1. The minimum atomic E-state index is -4.78. The Balaban J connectivity index is 1.23. The van der Waals surface area contributed by atoms with Gasteiger partial charge in [-0.15, -0.1) is 0 Å². The monoisotopic (exact) mass is 759 g/mol. The number of phosphoric ester groups is 1. The smallest absolute Gasteiger partial charge is 0.497 e. The van der Waals surface area contributed by atoms with Crippen molar-refractivity contribution in [3.8, 4) is 17.2 Å². The number of phosphoric acid groups is 1. The van der Waals surface area contributed by atoms with Crippen molar-refractivity contribution in [3.63, 3.8) is 0 Å². The third kappa shape index (κ3) is 8.35. The van der Waals surface area contributed by atoms with Crippen LogP contribution in [-0.4, -0.2) is 67.7 Å². The summed E-state index contributed by atoms with van der Waals surface area (Å²) in [6.07, 6.45) is -1.69. The van der Waals surface area contributed by atoms with Crippen molar-refractivity contribution in [2.45, 2.75) is 36.7 Å². The highest BCUT2D eigenvalue weighted by Gasteiger charge is 2.49. The van der Waals surface area contributed by atoms with E-state index in [0.717, 1.165) is 26.8 Å². The predicted octanol–water partition coefficient (Wildman–Crippen LogP) is 4.76. The van der Waals surface area contributed by atoms with Gasteiger partial charge in [0.05, 0.1) is 33.5 Å². The quantitative estimate of drug-likeness (QED) is 0.0934. The van der Waals surface area contributed by atoms with E-state index in [-0.39, 0.29) is 19.0 Å². The number of ether oxygens (including phenoxy) is 5. The van der Waals surface area contributed by atoms with E-state index < -0.39 is 49.2 Å². The van der Waals surface area contributed by atoms with Crippen LogP contribution >= 0.6 is 7.82 Å². The van der Waals surface area contributed by atoms with Gasteiger partial charge in [0.1, 0.15) is 35.1 Å². The first-order valence-corrected chi connectivity index (χ1v) is 18.5. The molecule has 1 fully saturated rings. The van der Waals surface area contributed by atoms with Crippen molar-refractivity contribution in [1.29, 1.82) is 0 Å². The summed E-state index contributed by atoms with van der Waals surface area (Å²) in [5, 5.41) is 2.99. The molecule has 14 nitrogen and oxygen atoms in total. The molecule has 1 aromatic heterocycles. The molecule has 0 saturated carbocycles. The van der Waals surface area contributed by atoms with E-state index in [0.29, 0.717) is 11.5 Å². The van der Waals surface area contributed by atoms with Crippen LogP contribution < -0.4 is 30.6 Å². The van der Waals surface area contributed by atoms with Gasteiger partial charge >= 0.3 is 13.5 Å². The van der Waals surface area contributed by atoms with Crippen molar-refractivity contribution >= 4 is 7.82 Å². The maximum Gasteiger partial charge on any atom is 0.527 e. The summed E-state index contributed by atoms with van der Waals surface area (Å²) < 4.78 is 54.9. The van der Waals surface area contributed by atoms with Gasteiger partial charge in [-0.05, 0) is 65.7 Å². The molecule has 15 heteroatoms. The van der Waals surface area contributed by atoms with Crippen molar-refractivity contribution in [3.05, 3.63) is 158 Å². The SMILES string of the molecule is CN[C@H]1C(OP(=O)(O)Oc2ccc(COC(c3ccccc3)(c3ccc(OC)cc3)c3ccc(OC)cc3)cc2)[C@@H](COC)O[C@H]1n1ccc(=O)[nH]c1=O. The fourth-order valence-corrected chi connectivity index (χ4v) is 7.57. The molecule has 0 radical (unpaired) electrons. The average Bonchev–Trinajstić information content (AvgIpc) is 3.51. The second kappa shape index (κ2) is 17.0. The standard InChI is InChI=1S/C39H42N3O11P/c1-40-35-36(33(25-47-2)51-37(35)42-23-22-34(43)41-38(42)44)53-54(45,46)52-32-16-10-26(11-17-32)24-50-39(27-8-6-5-7-9-27,28-12-18-30(48-3)19-13-28)29-14-20-31(49-4)21-15-29/h5-23,33,35-37,40H,24-25H2,1-4H3,(H,45,46)(H,41,43,44)/t33-,35+,36?,37-/m1/s1. The van der Waals surface area contributed by atoms with Crippen molar-refractivity contribution in [1.82, 2.24) is 14.9 Å². The number of nitrogens with zero attached hydrogens (tertiary/aromatic N) is 1. The van der Waals surface area contributed by atoms with E-state index in [1.807, 2.05) is 78.9 Å². The van der Waals surface area contributed by atoms with Crippen LogP contribution in [0.1, 0.15) is 28.5 Å². The zero-order valence-electron chi connectivity index (χ0n) is 30.1. The topological polar surface area (TPSA) is 169 Å². The number of hydrogen-bond acceptors (Lipinski definition) is 11. The Kier molecular flexibility index (Phi) is 12.1. The molecule has 1 saturated heterocycles. The number of aromatic amines is 1. The highest BCUT2D eigenvalue weighted by atomic mass is 31.2. The number of H-pyrrole nitrogens is 1. The summed E-state index contributed by atoms with van der Waals surface area (Å²) in [7, 11) is 1.48. The second-order valence-corrected chi connectivity index (χ2v) is 13.7. The summed E-state index contributed by atoms with van der Waals surface area (Å²) in [4.78, 5) is 37.3. The number of methoxy groups -OCH3 is 3. The molecule has 5 aromatic rings. The van der Waals surface area contributed by atoms with E-state index in [1.165, 1.54) is 19.4 Å². The maximum absolute atomic E-state index is 13.4. The lowest BCUT2D eigenvalue weighted by molar-refractivity contribution is -0.0545. The van der Waals surface area contributed by atoms with E-state index in [1.54, 1.807) is 45.5 Å². The Bertz CT molecular complexity index is 2100. The third-order valence-electron chi connectivity index (χ3n) is 9.16. The largest absolute Gasteiger partial charge is 0.527 e. The molecule has 4 aromatic carbocycles. The Hall–Kier alpha value is -5.05. The predicted molar refractivity (Wildman–Crippen MR) is 199 cm³/mol. The number of rotatable bonds is 16. The molecule has 1 aliphatic rings. The number of benzene rings is 4. The molecule has 2 heterocycles. The van der Waals surface area contributed by atoms with Gasteiger partial charge in [-0.1, -0.05) is 66.7 Å². The zero-order chi connectivity index (χ0) is 38.3. The van der Waals surface area contributed by atoms with E-state index in [4.69, 9.17) is 32.7 Å². The summed E-state index contributed by atoms with van der Waals surface area (Å²) in [6, 6.07) is 32.2. The van der Waals surface area contributed by atoms with Crippen LogP contribution in [0.2, 0.25) is 0 Å². The Morgan fingerprint density at radius 2 is 1.39 bits per heavy atom. The number of aromatic nitrogens is 2. The molecular formula is C39H42N3O11P. The van der Waals surface area contributed by atoms with Gasteiger partial charge < -0.3 is 33.5 Å². The van der Waals surface area contributed by atoms with Crippen molar-refractivity contribution in [2.75, 3.05) is 35.0 Å². The molecule has 0 spiro atoms. The van der Waals surface area contributed by atoms with E-state index >= 15 is 0 Å². The first kappa shape index (κ1) is 38.7. The summed E-state index contributed by atoms with van der Waals surface area (Å²) in [6.45, 7) is 0.123. The van der Waals surface area contributed by atoms with Gasteiger partial charge in [0.25, 0.3) is 5.56 Å². The summed E-state index contributed by atoms with van der Waals surface area (Å²) >= 11 is 0. The van der Waals surface area contributed by atoms with Gasteiger partial charge in [-0.2, -0.15) is 0 Å². The molecular weight excluding hydrogens is 717 g/mol. The van der Waals surface area contributed by atoms with Crippen LogP contribution in [-0.2, 0) is 35.5 Å². The Morgan fingerprint density at radius 3 is 1.93 bits per heavy atom. The molecule has 0 aliphatic carbocycles. The molecule has 6 rings (SSSR count). The number of nitrogens with one attached hydrogen (secondary N) is 2. The van der Waals surface area contributed by atoms with E-state index in [9.17, 15) is 19.0 Å². The zero-order valence-corrected chi connectivity index (χ0v) is 31.0. The van der Waals surface area contributed by atoms with Crippen molar-refractivity contribution < 1.29 is 42.2 Å². The van der Waals surface area contributed by atoms with Crippen LogP contribution in [0.15, 0.2) is 125 Å². The normalized spacial score (nSPS) is 19.6. The molecule has 0 amide bonds. The first-order chi connectivity index (χ1) is 26.1. The summed E-state index contributed by atoms with van der Waals surface area (Å²) in [5.74, 6) is 1.48. The lowest BCUT2D eigenvalue weighted by Gasteiger charge is -2.36. The van der Waals surface area contributed by atoms with Crippen LogP contribution in [0.5, 0.6) is 17.2 Å².